The zero-order valence-electron chi connectivity index (χ0n) is 22.7. The zero-order chi connectivity index (χ0) is 26.5. The molecule has 0 radical (unpaired) electrons. The van der Waals surface area contributed by atoms with Crippen LogP contribution in [0.5, 0.6) is 0 Å². The molecule has 3 aromatic rings. The van der Waals surface area contributed by atoms with E-state index < -0.39 is 22.1 Å². The second kappa shape index (κ2) is 11.9. The number of halogens is 1. The highest BCUT2D eigenvalue weighted by Crippen LogP contribution is 2.31. The van der Waals surface area contributed by atoms with E-state index in [0.29, 0.717) is 5.56 Å². The standard InChI is InChI=1S/C31H41ClO2Si2/c1-23(26-15-17-28(32)18-16-26)25-11-13-27(14-12-25)30-21-24(10-19-29(30)31(33)34)9-7-8-20-36(5,6)22-35(2,3)4/h10-19,21,23H,7-9,20,22H2,1-6H3,(H,33,34). The predicted molar refractivity (Wildman–Crippen MR) is 161 cm³/mol. The predicted octanol–water partition coefficient (Wildman–Crippen LogP) is 9.77. The molecule has 1 unspecified atom stereocenters. The van der Waals surface area contributed by atoms with Crippen LogP contribution in [0.25, 0.3) is 11.1 Å². The van der Waals surface area contributed by atoms with Crippen molar-refractivity contribution >= 4 is 33.7 Å². The average Bonchev–Trinajstić information content (AvgIpc) is 2.80. The molecule has 0 spiro atoms. The van der Waals surface area contributed by atoms with Gasteiger partial charge in [-0.1, -0.05) is 118 Å². The van der Waals surface area contributed by atoms with Crippen LogP contribution in [0, 0.1) is 0 Å². The second-order valence-electron chi connectivity index (χ2n) is 12.2. The normalized spacial score (nSPS) is 13.0. The third kappa shape index (κ3) is 8.19. The van der Waals surface area contributed by atoms with Gasteiger partial charge in [-0.15, -0.1) is 0 Å². The Morgan fingerprint density at radius 1 is 0.861 bits per heavy atom. The number of hydrogen-bond acceptors (Lipinski definition) is 1. The molecule has 0 saturated heterocycles. The average molecular weight is 537 g/mol. The molecule has 5 heteroatoms. The van der Waals surface area contributed by atoms with Crippen molar-refractivity contribution in [3.8, 4) is 11.1 Å². The van der Waals surface area contributed by atoms with E-state index in [-0.39, 0.29) is 5.92 Å². The Morgan fingerprint density at radius 3 is 2.00 bits per heavy atom. The van der Waals surface area contributed by atoms with Crippen molar-refractivity contribution in [1.82, 2.24) is 0 Å². The van der Waals surface area contributed by atoms with Crippen LogP contribution in [0.3, 0.4) is 0 Å². The molecule has 0 aromatic heterocycles. The number of carboxylic acid groups (broad SMARTS) is 1. The molecular formula is C31H41ClO2Si2. The molecule has 1 atom stereocenters. The molecule has 1 N–H and O–H groups in total. The van der Waals surface area contributed by atoms with E-state index in [0.717, 1.165) is 29.0 Å². The molecule has 0 aliphatic rings. The molecule has 0 aliphatic heterocycles. The van der Waals surface area contributed by atoms with Crippen LogP contribution in [0.4, 0.5) is 0 Å². The molecule has 36 heavy (non-hydrogen) atoms. The largest absolute Gasteiger partial charge is 0.478 e. The Balaban J connectivity index is 1.72. The molecule has 0 heterocycles. The van der Waals surface area contributed by atoms with Crippen LogP contribution in [0.15, 0.2) is 66.7 Å². The summed E-state index contributed by atoms with van der Waals surface area (Å²) in [5.41, 5.74) is 7.23. The lowest BCUT2D eigenvalue weighted by molar-refractivity contribution is 0.0697. The van der Waals surface area contributed by atoms with E-state index in [1.54, 1.807) is 6.07 Å². The molecule has 0 bridgehead atoms. The molecule has 0 saturated carbocycles. The Morgan fingerprint density at radius 2 is 1.44 bits per heavy atom. The summed E-state index contributed by atoms with van der Waals surface area (Å²) in [6.07, 6.45) is 3.42. The van der Waals surface area contributed by atoms with Gasteiger partial charge in [0.1, 0.15) is 0 Å². The number of hydrogen-bond donors (Lipinski definition) is 1. The first-order chi connectivity index (χ1) is 16.8. The molecule has 2 nitrogen and oxygen atoms in total. The van der Waals surface area contributed by atoms with E-state index in [1.165, 1.54) is 34.8 Å². The van der Waals surface area contributed by atoms with Crippen LogP contribution >= 0.6 is 11.6 Å². The Kier molecular flexibility index (Phi) is 9.42. The van der Waals surface area contributed by atoms with E-state index in [4.69, 9.17) is 11.6 Å². The summed E-state index contributed by atoms with van der Waals surface area (Å²) in [6.45, 7) is 14.7. The van der Waals surface area contributed by atoms with Crippen molar-refractivity contribution in [2.75, 3.05) is 0 Å². The van der Waals surface area contributed by atoms with Crippen LogP contribution in [0.2, 0.25) is 49.5 Å². The number of rotatable bonds is 11. The van der Waals surface area contributed by atoms with Crippen LogP contribution in [-0.4, -0.2) is 27.2 Å². The topological polar surface area (TPSA) is 37.3 Å². The van der Waals surface area contributed by atoms with Gasteiger partial charge in [-0.2, -0.15) is 0 Å². The highest BCUT2D eigenvalue weighted by Gasteiger charge is 2.27. The summed E-state index contributed by atoms with van der Waals surface area (Å²) in [6, 6.07) is 23.5. The lowest BCUT2D eigenvalue weighted by Crippen LogP contribution is -2.37. The van der Waals surface area contributed by atoms with Crippen LogP contribution in [0.1, 0.15) is 52.7 Å². The lowest BCUT2D eigenvalue weighted by Gasteiger charge is -2.29. The van der Waals surface area contributed by atoms with E-state index in [1.807, 2.05) is 18.2 Å². The summed E-state index contributed by atoms with van der Waals surface area (Å²) < 4.78 is 0. The van der Waals surface area contributed by atoms with Gasteiger partial charge in [-0.05, 0) is 58.9 Å². The first-order valence-corrected chi connectivity index (χ1v) is 20.6. The first-order valence-electron chi connectivity index (χ1n) is 13.1. The number of carbonyl (C=O) groups is 1. The van der Waals surface area contributed by atoms with Crippen molar-refractivity contribution in [2.24, 2.45) is 0 Å². The fourth-order valence-electron chi connectivity index (χ4n) is 5.52. The Labute approximate surface area is 224 Å². The number of aromatic carboxylic acids is 1. The Hall–Kier alpha value is -2.15. The van der Waals surface area contributed by atoms with Gasteiger partial charge in [0.05, 0.1) is 5.56 Å². The van der Waals surface area contributed by atoms with E-state index >= 15 is 0 Å². The molecule has 3 aromatic carbocycles. The summed E-state index contributed by atoms with van der Waals surface area (Å²) in [7, 11) is -2.14. The van der Waals surface area contributed by atoms with Gasteiger partial charge in [-0.3, -0.25) is 0 Å². The fraction of sp³-hybridized carbons (Fsp3) is 0.387. The third-order valence-corrected chi connectivity index (χ3v) is 17.0. The SMILES string of the molecule is CC(c1ccc(Cl)cc1)c1ccc(-c2cc(CCCC[Si](C)(C)C[Si](C)(C)C)ccc2C(=O)O)cc1. The van der Waals surface area contributed by atoms with Crippen molar-refractivity contribution in [3.05, 3.63) is 94.0 Å². The first kappa shape index (κ1) is 28.4. The Bertz CT molecular complexity index is 1160. The van der Waals surface area contributed by atoms with Crippen LogP contribution in [-0.2, 0) is 6.42 Å². The maximum atomic E-state index is 12.0. The van der Waals surface area contributed by atoms with Gasteiger partial charge in [0, 0.05) is 27.1 Å². The highest BCUT2D eigenvalue weighted by molar-refractivity contribution is 6.94. The summed E-state index contributed by atoms with van der Waals surface area (Å²) >= 11 is 6.04. The highest BCUT2D eigenvalue weighted by atomic mass is 35.5. The second-order valence-corrected chi connectivity index (χ2v) is 24.0. The maximum Gasteiger partial charge on any atom is 0.336 e. The van der Waals surface area contributed by atoms with Gasteiger partial charge in [0.2, 0.25) is 0 Å². The van der Waals surface area contributed by atoms with Gasteiger partial charge in [-0.25, -0.2) is 4.79 Å². The summed E-state index contributed by atoms with van der Waals surface area (Å²) in [5.74, 6) is -0.649. The van der Waals surface area contributed by atoms with Gasteiger partial charge < -0.3 is 5.11 Å². The van der Waals surface area contributed by atoms with Crippen LogP contribution < -0.4 is 0 Å². The smallest absolute Gasteiger partial charge is 0.336 e. The van der Waals surface area contributed by atoms with Gasteiger partial charge in [0.25, 0.3) is 0 Å². The van der Waals surface area contributed by atoms with Crippen molar-refractivity contribution in [3.63, 3.8) is 0 Å². The third-order valence-electron chi connectivity index (χ3n) is 6.98. The minimum Gasteiger partial charge on any atom is -0.478 e. The molecule has 192 valence electrons. The summed E-state index contributed by atoms with van der Waals surface area (Å²) in [4.78, 5) is 12.0. The molecule has 0 amide bonds. The molecule has 3 rings (SSSR count). The van der Waals surface area contributed by atoms with E-state index in [2.05, 4.69) is 82.1 Å². The number of carboxylic acids is 1. The van der Waals surface area contributed by atoms with Gasteiger partial charge in [0.15, 0.2) is 0 Å². The minimum atomic E-state index is -1.13. The quantitative estimate of drug-likeness (QED) is 0.195. The molecular weight excluding hydrogens is 496 g/mol. The lowest BCUT2D eigenvalue weighted by atomic mass is 9.90. The zero-order valence-corrected chi connectivity index (χ0v) is 25.5. The minimum absolute atomic E-state index is 0.232. The number of unbranched alkanes of at least 4 members (excludes halogenated alkanes) is 1. The van der Waals surface area contributed by atoms with Gasteiger partial charge >= 0.3 is 5.97 Å². The van der Waals surface area contributed by atoms with E-state index in [9.17, 15) is 9.90 Å². The van der Waals surface area contributed by atoms with Crippen molar-refractivity contribution < 1.29 is 9.90 Å². The number of aryl methyl sites for hydroxylation is 1. The summed E-state index contributed by atoms with van der Waals surface area (Å²) in [5, 5.41) is 10.6. The maximum absolute atomic E-state index is 12.0. The molecule has 0 aliphatic carbocycles. The van der Waals surface area contributed by atoms with Crippen molar-refractivity contribution in [1.29, 1.82) is 0 Å². The number of benzene rings is 3. The van der Waals surface area contributed by atoms with Crippen molar-refractivity contribution in [2.45, 2.75) is 76.6 Å². The fourth-order valence-corrected chi connectivity index (χ4v) is 19.0. The molecule has 0 fully saturated rings. The monoisotopic (exact) mass is 536 g/mol.